The molecule has 2 N–H and O–H groups in total. The van der Waals surface area contributed by atoms with Crippen molar-refractivity contribution in [2.45, 2.75) is 66.6 Å². The molecule has 0 radical (unpaired) electrons. The molecule has 0 heterocycles. The number of carbonyl (C=O) groups is 2. The molecular formula is C22H36N4O6. The van der Waals surface area contributed by atoms with Crippen LogP contribution in [0.4, 0.5) is 21.0 Å². The van der Waals surface area contributed by atoms with E-state index in [9.17, 15) is 19.7 Å². The monoisotopic (exact) mass is 452 g/mol. The lowest BCUT2D eigenvalue weighted by atomic mass is 10.1. The first-order valence-corrected chi connectivity index (χ1v) is 10.5. The molecule has 0 saturated carbocycles. The predicted molar refractivity (Wildman–Crippen MR) is 123 cm³/mol. The van der Waals surface area contributed by atoms with Gasteiger partial charge in [-0.1, -0.05) is 0 Å². The minimum absolute atomic E-state index is 0.0245. The molecule has 1 aromatic carbocycles. The Kier molecular flexibility index (Phi) is 9.29. The fraction of sp³-hybridized carbons (Fsp3) is 0.636. The zero-order chi connectivity index (χ0) is 24.7. The third-order valence-corrected chi connectivity index (χ3v) is 4.21. The maximum atomic E-state index is 12.6. The quantitative estimate of drug-likeness (QED) is 0.443. The van der Waals surface area contributed by atoms with Crippen molar-refractivity contribution in [3.8, 4) is 0 Å². The molecule has 180 valence electrons. The van der Waals surface area contributed by atoms with Crippen LogP contribution in [0.25, 0.3) is 0 Å². The van der Waals surface area contributed by atoms with Gasteiger partial charge in [-0.3, -0.25) is 10.1 Å². The second-order valence-corrected chi connectivity index (χ2v) is 9.53. The number of alkyl carbamates (subject to hydrolysis) is 1. The number of hydrogen-bond donors (Lipinski definition) is 2. The summed E-state index contributed by atoms with van der Waals surface area (Å²) in [5.74, 6) is 0. The van der Waals surface area contributed by atoms with E-state index in [1.807, 2.05) is 13.8 Å². The van der Waals surface area contributed by atoms with Crippen molar-refractivity contribution in [1.29, 1.82) is 0 Å². The van der Waals surface area contributed by atoms with Crippen LogP contribution in [-0.2, 0) is 9.47 Å². The maximum Gasteiger partial charge on any atom is 0.410 e. The first-order valence-electron chi connectivity index (χ1n) is 10.5. The van der Waals surface area contributed by atoms with E-state index < -0.39 is 28.3 Å². The lowest BCUT2D eigenvalue weighted by Gasteiger charge is -2.28. The van der Waals surface area contributed by atoms with E-state index in [1.165, 1.54) is 11.0 Å². The van der Waals surface area contributed by atoms with Crippen LogP contribution in [0.2, 0.25) is 0 Å². The number of nitro groups is 1. The number of carbonyl (C=O) groups excluding carboxylic acids is 2. The summed E-state index contributed by atoms with van der Waals surface area (Å²) in [7, 11) is 0. The summed E-state index contributed by atoms with van der Waals surface area (Å²) in [6.45, 7) is 15.1. The molecule has 32 heavy (non-hydrogen) atoms. The number of nitrogens with one attached hydrogen (secondary N) is 2. The standard InChI is InChI=1S/C22H36N4O6/c1-15-13-17(18(26(29)30)14-16(15)2)23-9-11-25(20(28)32-22(6,7)8)12-10-24-19(27)31-21(3,4)5/h13-14,23H,9-12H2,1-8H3,(H,24,27). The van der Waals surface area contributed by atoms with E-state index in [2.05, 4.69) is 10.6 Å². The summed E-state index contributed by atoms with van der Waals surface area (Å²) in [5.41, 5.74) is 0.792. The summed E-state index contributed by atoms with van der Waals surface area (Å²) in [4.78, 5) is 36.8. The Hall–Kier alpha value is -3.04. The van der Waals surface area contributed by atoms with Crippen LogP contribution in [0, 0.1) is 24.0 Å². The number of hydrogen-bond acceptors (Lipinski definition) is 7. The van der Waals surface area contributed by atoms with Crippen molar-refractivity contribution in [2.24, 2.45) is 0 Å². The van der Waals surface area contributed by atoms with Gasteiger partial charge in [0.1, 0.15) is 16.9 Å². The van der Waals surface area contributed by atoms with Crippen LogP contribution in [-0.4, -0.2) is 59.4 Å². The third kappa shape index (κ3) is 9.84. The van der Waals surface area contributed by atoms with Crippen LogP contribution >= 0.6 is 0 Å². The Morgan fingerprint density at radius 2 is 1.50 bits per heavy atom. The lowest BCUT2D eigenvalue weighted by molar-refractivity contribution is -0.384. The molecule has 2 amide bonds. The van der Waals surface area contributed by atoms with Crippen LogP contribution < -0.4 is 10.6 Å². The highest BCUT2D eigenvalue weighted by Crippen LogP contribution is 2.27. The van der Waals surface area contributed by atoms with Gasteiger partial charge in [0.05, 0.1) is 4.92 Å². The molecule has 0 aliphatic rings. The number of anilines is 1. The Bertz CT molecular complexity index is 827. The summed E-state index contributed by atoms with van der Waals surface area (Å²) in [5, 5.41) is 17.0. The molecule has 1 rings (SSSR count). The lowest BCUT2D eigenvalue weighted by Crippen LogP contribution is -2.44. The van der Waals surface area contributed by atoms with Gasteiger partial charge in [-0.2, -0.15) is 0 Å². The third-order valence-electron chi connectivity index (χ3n) is 4.21. The molecule has 10 heteroatoms. The van der Waals surface area contributed by atoms with E-state index in [1.54, 1.807) is 47.6 Å². The van der Waals surface area contributed by atoms with Crippen molar-refractivity contribution >= 4 is 23.6 Å². The normalized spacial score (nSPS) is 11.5. The highest BCUT2D eigenvalue weighted by atomic mass is 16.6. The van der Waals surface area contributed by atoms with E-state index in [0.717, 1.165) is 11.1 Å². The van der Waals surface area contributed by atoms with Gasteiger partial charge in [-0.05, 0) is 72.6 Å². The molecular weight excluding hydrogens is 416 g/mol. The van der Waals surface area contributed by atoms with Crippen LogP contribution in [0.1, 0.15) is 52.7 Å². The number of nitrogens with zero attached hydrogens (tertiary/aromatic N) is 2. The number of benzene rings is 1. The first kappa shape index (κ1) is 27.0. The van der Waals surface area contributed by atoms with Crippen molar-refractivity contribution in [3.63, 3.8) is 0 Å². The van der Waals surface area contributed by atoms with Gasteiger partial charge < -0.3 is 25.0 Å². The van der Waals surface area contributed by atoms with Crippen molar-refractivity contribution in [1.82, 2.24) is 10.2 Å². The summed E-state index contributed by atoms with van der Waals surface area (Å²) >= 11 is 0. The Labute approximate surface area is 189 Å². The van der Waals surface area contributed by atoms with Crippen molar-refractivity contribution in [2.75, 3.05) is 31.5 Å². The molecule has 0 aliphatic heterocycles. The molecule has 0 aliphatic carbocycles. The van der Waals surface area contributed by atoms with Gasteiger partial charge in [0.2, 0.25) is 0 Å². The topological polar surface area (TPSA) is 123 Å². The largest absolute Gasteiger partial charge is 0.444 e. The zero-order valence-corrected chi connectivity index (χ0v) is 20.3. The SMILES string of the molecule is Cc1cc(NCCN(CCNC(=O)OC(C)(C)C)C(=O)OC(C)(C)C)c([N+](=O)[O-])cc1C. The second-order valence-electron chi connectivity index (χ2n) is 9.53. The minimum Gasteiger partial charge on any atom is -0.444 e. The fourth-order valence-electron chi connectivity index (χ4n) is 2.65. The van der Waals surface area contributed by atoms with E-state index in [4.69, 9.17) is 9.47 Å². The van der Waals surface area contributed by atoms with Gasteiger partial charge in [-0.15, -0.1) is 0 Å². The van der Waals surface area contributed by atoms with Crippen LogP contribution in [0.5, 0.6) is 0 Å². The molecule has 0 fully saturated rings. The van der Waals surface area contributed by atoms with Gasteiger partial charge in [0.25, 0.3) is 5.69 Å². The number of rotatable bonds is 8. The number of amides is 2. The van der Waals surface area contributed by atoms with Gasteiger partial charge in [0, 0.05) is 32.2 Å². The molecule has 0 bridgehead atoms. The minimum atomic E-state index is -0.686. The summed E-state index contributed by atoms with van der Waals surface area (Å²) in [6, 6.07) is 3.24. The van der Waals surface area contributed by atoms with Crippen LogP contribution in [0.15, 0.2) is 12.1 Å². The first-order chi connectivity index (χ1) is 14.6. The molecule has 0 spiro atoms. The Balaban J connectivity index is 2.80. The molecule has 0 unspecified atom stereocenters. The zero-order valence-electron chi connectivity index (χ0n) is 20.3. The number of nitro benzene ring substituents is 1. The van der Waals surface area contributed by atoms with Crippen molar-refractivity contribution < 1.29 is 24.0 Å². The Morgan fingerprint density at radius 1 is 0.969 bits per heavy atom. The van der Waals surface area contributed by atoms with Gasteiger partial charge in [-0.25, -0.2) is 9.59 Å². The van der Waals surface area contributed by atoms with Gasteiger partial charge >= 0.3 is 12.2 Å². The average molecular weight is 453 g/mol. The molecule has 0 aromatic heterocycles. The van der Waals surface area contributed by atoms with Crippen LogP contribution in [0.3, 0.4) is 0 Å². The van der Waals surface area contributed by atoms with E-state index in [0.29, 0.717) is 5.69 Å². The maximum absolute atomic E-state index is 12.6. The fourth-order valence-corrected chi connectivity index (χ4v) is 2.65. The second kappa shape index (κ2) is 11.0. The summed E-state index contributed by atoms with van der Waals surface area (Å²) < 4.78 is 10.6. The highest BCUT2D eigenvalue weighted by molar-refractivity contribution is 5.69. The summed E-state index contributed by atoms with van der Waals surface area (Å²) in [6.07, 6.45) is -1.12. The molecule has 10 nitrogen and oxygen atoms in total. The highest BCUT2D eigenvalue weighted by Gasteiger charge is 2.23. The van der Waals surface area contributed by atoms with E-state index >= 15 is 0 Å². The van der Waals surface area contributed by atoms with Crippen molar-refractivity contribution in [3.05, 3.63) is 33.4 Å². The smallest absolute Gasteiger partial charge is 0.410 e. The average Bonchev–Trinajstić information content (AvgIpc) is 2.59. The van der Waals surface area contributed by atoms with E-state index in [-0.39, 0.29) is 31.9 Å². The van der Waals surface area contributed by atoms with Gasteiger partial charge in [0.15, 0.2) is 0 Å². The Morgan fingerprint density at radius 3 is 2.03 bits per heavy atom. The number of ether oxygens (including phenoxy) is 2. The molecule has 0 saturated heterocycles. The molecule has 0 atom stereocenters. The number of aryl methyl sites for hydroxylation is 2. The predicted octanol–water partition coefficient (Wildman–Crippen LogP) is 4.39. The molecule has 1 aromatic rings.